The Labute approximate surface area is 127 Å². The second-order valence-electron chi connectivity index (χ2n) is 5.03. The van der Waals surface area contributed by atoms with Gasteiger partial charge in [-0.3, -0.25) is 9.59 Å². The lowest BCUT2D eigenvalue weighted by atomic mass is 10.1. The maximum atomic E-state index is 12.5. The van der Waals surface area contributed by atoms with Crippen molar-refractivity contribution in [2.24, 2.45) is 5.92 Å². The molecule has 0 spiro atoms. The van der Waals surface area contributed by atoms with E-state index in [2.05, 4.69) is 0 Å². The number of carboxylic acid groups (broad SMARTS) is 1. The molecule has 20 heavy (non-hydrogen) atoms. The van der Waals surface area contributed by atoms with Crippen molar-refractivity contribution in [2.75, 3.05) is 6.54 Å². The van der Waals surface area contributed by atoms with Crippen molar-refractivity contribution in [1.29, 1.82) is 0 Å². The van der Waals surface area contributed by atoms with Crippen LogP contribution in [0.5, 0.6) is 0 Å². The molecule has 1 amide bonds. The van der Waals surface area contributed by atoms with Gasteiger partial charge >= 0.3 is 5.97 Å². The van der Waals surface area contributed by atoms with Gasteiger partial charge in [-0.25, -0.2) is 0 Å². The maximum absolute atomic E-state index is 12.5. The number of carbonyl (C=O) groups is 2. The second-order valence-corrected chi connectivity index (χ2v) is 5.81. The molecule has 0 bridgehead atoms. The molecule has 1 unspecified atom stereocenters. The molecule has 2 rings (SSSR count). The van der Waals surface area contributed by atoms with Crippen molar-refractivity contribution in [1.82, 2.24) is 4.90 Å². The van der Waals surface area contributed by atoms with Gasteiger partial charge in [-0.2, -0.15) is 0 Å². The number of aliphatic carboxylic acids is 1. The minimum absolute atomic E-state index is 0.111. The van der Waals surface area contributed by atoms with Gasteiger partial charge in [0, 0.05) is 12.6 Å². The molecule has 1 aliphatic carbocycles. The summed E-state index contributed by atoms with van der Waals surface area (Å²) in [7, 11) is 0. The molecule has 6 heteroatoms. The van der Waals surface area contributed by atoms with E-state index in [1.807, 2.05) is 0 Å². The fourth-order valence-corrected chi connectivity index (χ4v) is 2.36. The standard InChI is InChI=1S/C14H15Cl2NO3/c1-8(14(19)20)7-17(9-5-6-9)13(18)10-3-2-4-11(15)12(10)16/h2-4,8-9H,5-7H2,1H3,(H,19,20). The van der Waals surface area contributed by atoms with E-state index in [4.69, 9.17) is 28.3 Å². The Morgan fingerprint density at radius 2 is 2.05 bits per heavy atom. The molecule has 108 valence electrons. The predicted octanol–water partition coefficient (Wildman–Crippen LogP) is 3.32. The Hall–Kier alpha value is -1.26. The first-order valence-corrected chi connectivity index (χ1v) is 7.15. The summed E-state index contributed by atoms with van der Waals surface area (Å²) in [6.45, 7) is 1.77. The van der Waals surface area contributed by atoms with E-state index in [0.29, 0.717) is 10.6 Å². The smallest absolute Gasteiger partial charge is 0.308 e. The molecule has 0 heterocycles. The highest BCUT2D eigenvalue weighted by Gasteiger charge is 2.35. The zero-order valence-corrected chi connectivity index (χ0v) is 12.5. The van der Waals surface area contributed by atoms with E-state index in [-0.39, 0.29) is 23.5 Å². The van der Waals surface area contributed by atoms with E-state index >= 15 is 0 Å². The lowest BCUT2D eigenvalue weighted by Gasteiger charge is -2.25. The first-order valence-electron chi connectivity index (χ1n) is 6.39. The van der Waals surface area contributed by atoms with Crippen LogP contribution in [0.4, 0.5) is 0 Å². The average molecular weight is 316 g/mol. The summed E-state index contributed by atoms with van der Waals surface area (Å²) in [6.07, 6.45) is 1.80. The van der Waals surface area contributed by atoms with Crippen LogP contribution < -0.4 is 0 Å². The van der Waals surface area contributed by atoms with Gasteiger partial charge in [-0.05, 0) is 25.0 Å². The number of halogens is 2. The monoisotopic (exact) mass is 315 g/mol. The van der Waals surface area contributed by atoms with Gasteiger partial charge in [0.1, 0.15) is 0 Å². The minimum Gasteiger partial charge on any atom is -0.481 e. The van der Waals surface area contributed by atoms with E-state index in [0.717, 1.165) is 12.8 Å². The number of benzene rings is 1. The zero-order valence-electron chi connectivity index (χ0n) is 11.0. The maximum Gasteiger partial charge on any atom is 0.308 e. The molecule has 0 aliphatic heterocycles. The van der Waals surface area contributed by atoms with Crippen LogP contribution in [-0.2, 0) is 4.79 Å². The minimum atomic E-state index is -0.916. The van der Waals surface area contributed by atoms with Crippen LogP contribution in [0.2, 0.25) is 10.0 Å². The van der Waals surface area contributed by atoms with E-state index in [9.17, 15) is 9.59 Å². The first-order chi connectivity index (χ1) is 9.41. The van der Waals surface area contributed by atoms with Crippen LogP contribution in [0.15, 0.2) is 18.2 Å². The molecule has 0 saturated heterocycles. The van der Waals surface area contributed by atoms with Crippen molar-refractivity contribution >= 4 is 35.1 Å². The number of hydrogen-bond acceptors (Lipinski definition) is 2. The van der Waals surface area contributed by atoms with Gasteiger partial charge in [0.2, 0.25) is 0 Å². The van der Waals surface area contributed by atoms with Crippen LogP contribution in [0.1, 0.15) is 30.1 Å². The van der Waals surface area contributed by atoms with Gasteiger partial charge in [0.05, 0.1) is 21.5 Å². The number of nitrogens with zero attached hydrogens (tertiary/aromatic N) is 1. The molecule has 1 aromatic rings. The molecule has 1 N–H and O–H groups in total. The molecular weight excluding hydrogens is 301 g/mol. The summed E-state index contributed by atoms with van der Waals surface area (Å²) < 4.78 is 0. The molecule has 1 aliphatic rings. The Bertz CT molecular complexity index is 543. The van der Waals surface area contributed by atoms with Gasteiger partial charge < -0.3 is 10.0 Å². The molecule has 4 nitrogen and oxygen atoms in total. The van der Waals surface area contributed by atoms with Gasteiger partial charge in [0.25, 0.3) is 5.91 Å². The summed E-state index contributed by atoms with van der Waals surface area (Å²) >= 11 is 12.0. The Morgan fingerprint density at radius 1 is 1.40 bits per heavy atom. The lowest BCUT2D eigenvalue weighted by Crippen LogP contribution is -2.38. The molecule has 0 radical (unpaired) electrons. The van der Waals surface area contributed by atoms with E-state index in [1.54, 1.807) is 30.0 Å². The Balaban J connectivity index is 2.23. The Morgan fingerprint density at radius 3 is 2.60 bits per heavy atom. The number of rotatable bonds is 5. The van der Waals surface area contributed by atoms with Gasteiger partial charge in [0.15, 0.2) is 0 Å². The summed E-state index contributed by atoms with van der Waals surface area (Å²) in [5, 5.41) is 9.53. The summed E-state index contributed by atoms with van der Waals surface area (Å²) in [5.41, 5.74) is 0.323. The number of carbonyl (C=O) groups excluding carboxylic acids is 1. The van der Waals surface area contributed by atoms with Crippen LogP contribution in [-0.4, -0.2) is 34.5 Å². The highest BCUT2D eigenvalue weighted by molar-refractivity contribution is 6.43. The quantitative estimate of drug-likeness (QED) is 0.906. The molecule has 0 aromatic heterocycles. The van der Waals surface area contributed by atoms with Crippen LogP contribution in [0.25, 0.3) is 0 Å². The van der Waals surface area contributed by atoms with E-state index in [1.165, 1.54) is 0 Å². The van der Waals surface area contributed by atoms with Gasteiger partial charge in [-0.15, -0.1) is 0 Å². The summed E-state index contributed by atoms with van der Waals surface area (Å²) in [5.74, 6) is -1.79. The third-order valence-electron chi connectivity index (χ3n) is 3.32. The molecule has 1 atom stereocenters. The highest BCUT2D eigenvalue weighted by Crippen LogP contribution is 2.32. The fourth-order valence-electron chi connectivity index (χ4n) is 1.98. The van der Waals surface area contributed by atoms with Crippen molar-refractivity contribution < 1.29 is 14.7 Å². The average Bonchev–Trinajstić information content (AvgIpc) is 3.22. The topological polar surface area (TPSA) is 57.6 Å². The van der Waals surface area contributed by atoms with Crippen molar-refractivity contribution in [2.45, 2.75) is 25.8 Å². The fraction of sp³-hybridized carbons (Fsp3) is 0.429. The summed E-state index contributed by atoms with van der Waals surface area (Å²) in [4.78, 5) is 25.1. The third-order valence-corrected chi connectivity index (χ3v) is 4.14. The predicted molar refractivity (Wildman–Crippen MR) is 77.3 cm³/mol. The largest absolute Gasteiger partial charge is 0.481 e. The second kappa shape index (κ2) is 6.02. The number of hydrogen-bond donors (Lipinski definition) is 1. The lowest BCUT2D eigenvalue weighted by molar-refractivity contribution is -0.141. The van der Waals surface area contributed by atoms with Crippen molar-refractivity contribution in [3.05, 3.63) is 33.8 Å². The molecule has 1 saturated carbocycles. The van der Waals surface area contributed by atoms with Crippen molar-refractivity contribution in [3.8, 4) is 0 Å². The first kappa shape index (κ1) is 15.1. The normalized spacial score (nSPS) is 15.8. The van der Waals surface area contributed by atoms with Crippen LogP contribution in [0, 0.1) is 5.92 Å². The van der Waals surface area contributed by atoms with Crippen molar-refractivity contribution in [3.63, 3.8) is 0 Å². The number of carboxylic acids is 1. The van der Waals surface area contributed by atoms with E-state index < -0.39 is 11.9 Å². The summed E-state index contributed by atoms with van der Waals surface area (Å²) in [6, 6.07) is 4.99. The third kappa shape index (κ3) is 3.25. The van der Waals surface area contributed by atoms with Gasteiger partial charge in [-0.1, -0.05) is 36.2 Å². The molecular formula is C14H15Cl2NO3. The van der Waals surface area contributed by atoms with Crippen LogP contribution in [0.3, 0.4) is 0 Å². The molecule has 1 aromatic carbocycles. The zero-order chi connectivity index (χ0) is 14.9. The molecule has 1 fully saturated rings. The highest BCUT2D eigenvalue weighted by atomic mass is 35.5. The Kier molecular flexibility index (Phi) is 4.55. The van der Waals surface area contributed by atoms with Crippen LogP contribution >= 0.6 is 23.2 Å². The SMILES string of the molecule is CC(CN(C(=O)c1cccc(Cl)c1Cl)C1CC1)C(=O)O. The number of amides is 1.